The third kappa shape index (κ3) is 3.11. The van der Waals surface area contributed by atoms with E-state index in [1.807, 2.05) is 24.4 Å². The van der Waals surface area contributed by atoms with E-state index >= 15 is 0 Å². The van der Waals surface area contributed by atoms with Gasteiger partial charge in [-0.2, -0.15) is 0 Å². The Morgan fingerprint density at radius 2 is 2.03 bits per heavy atom. The number of hydrogen-bond acceptors (Lipinski definition) is 7. The van der Waals surface area contributed by atoms with Gasteiger partial charge in [0.1, 0.15) is 23.3 Å². The summed E-state index contributed by atoms with van der Waals surface area (Å²) in [5, 5.41) is 16.8. The quantitative estimate of drug-likeness (QED) is 0.397. The topological polar surface area (TPSA) is 92.9 Å². The normalized spacial score (nSPS) is 18.4. The second-order valence-electron chi connectivity index (χ2n) is 6.66. The van der Waals surface area contributed by atoms with E-state index in [4.69, 9.17) is 9.26 Å². The van der Waals surface area contributed by atoms with Crippen molar-refractivity contribution in [3.05, 3.63) is 69.1 Å². The molecule has 29 heavy (non-hydrogen) atoms. The summed E-state index contributed by atoms with van der Waals surface area (Å²) in [6, 6.07) is 9.51. The van der Waals surface area contributed by atoms with Gasteiger partial charge in [-0.3, -0.25) is 14.5 Å². The fourth-order valence-corrected chi connectivity index (χ4v) is 4.26. The number of ether oxygens (including phenoxy) is 1. The number of carbonyl (C=O) groups excluding carboxylic acids is 2. The second kappa shape index (κ2) is 7.21. The fraction of sp³-hybridized carbons (Fsp3) is 0.190. The Balaban J connectivity index is 1.90. The van der Waals surface area contributed by atoms with Gasteiger partial charge >= 0.3 is 5.91 Å². The molecular formula is C21H18N2O5S. The lowest BCUT2D eigenvalue weighted by Gasteiger charge is -2.21. The van der Waals surface area contributed by atoms with E-state index in [1.165, 1.54) is 16.2 Å². The van der Waals surface area contributed by atoms with Gasteiger partial charge in [0.15, 0.2) is 5.82 Å². The SMILES string of the molecule is COc1ccc(C(O)=C2C(=O)C(=O)N(c3cc(C)on3)C2c2cccs2)cc1C. The third-order valence-electron chi connectivity index (χ3n) is 4.79. The van der Waals surface area contributed by atoms with Crippen molar-refractivity contribution in [1.82, 2.24) is 5.16 Å². The van der Waals surface area contributed by atoms with Crippen LogP contribution in [-0.4, -0.2) is 29.1 Å². The van der Waals surface area contributed by atoms with Crippen LogP contribution >= 0.6 is 11.3 Å². The first kappa shape index (κ1) is 18.9. The van der Waals surface area contributed by atoms with Crippen LogP contribution in [0.2, 0.25) is 0 Å². The van der Waals surface area contributed by atoms with E-state index in [2.05, 4.69) is 5.16 Å². The molecule has 1 saturated heterocycles. The molecule has 0 bridgehead atoms. The van der Waals surface area contributed by atoms with Crippen molar-refractivity contribution in [1.29, 1.82) is 0 Å². The Bertz CT molecular complexity index is 1130. The molecule has 7 nitrogen and oxygen atoms in total. The van der Waals surface area contributed by atoms with Crippen LogP contribution < -0.4 is 9.64 Å². The van der Waals surface area contributed by atoms with Crippen LogP contribution in [0.3, 0.4) is 0 Å². The average Bonchev–Trinajstić information content (AvgIpc) is 3.42. The highest BCUT2D eigenvalue weighted by atomic mass is 32.1. The highest BCUT2D eigenvalue weighted by Crippen LogP contribution is 2.43. The lowest BCUT2D eigenvalue weighted by molar-refractivity contribution is -0.132. The first-order chi connectivity index (χ1) is 13.9. The lowest BCUT2D eigenvalue weighted by Crippen LogP contribution is -2.29. The number of nitrogens with zero attached hydrogens (tertiary/aromatic N) is 2. The van der Waals surface area contributed by atoms with Gasteiger partial charge in [0.2, 0.25) is 0 Å². The zero-order chi connectivity index (χ0) is 20.7. The first-order valence-corrected chi connectivity index (χ1v) is 9.73. The molecule has 1 N–H and O–H groups in total. The predicted octanol–water partition coefficient (Wildman–Crippen LogP) is 3.99. The fourth-order valence-electron chi connectivity index (χ4n) is 3.43. The minimum Gasteiger partial charge on any atom is -0.507 e. The summed E-state index contributed by atoms with van der Waals surface area (Å²) in [6.45, 7) is 3.54. The molecule has 0 saturated carbocycles. The molecule has 8 heteroatoms. The number of aryl methyl sites for hydroxylation is 2. The van der Waals surface area contributed by atoms with Gasteiger partial charge in [-0.05, 0) is 49.1 Å². The summed E-state index contributed by atoms with van der Waals surface area (Å²) >= 11 is 1.39. The Kier molecular flexibility index (Phi) is 4.71. The van der Waals surface area contributed by atoms with E-state index in [0.717, 1.165) is 10.4 Å². The van der Waals surface area contributed by atoms with E-state index in [-0.39, 0.29) is 17.2 Å². The molecular weight excluding hydrogens is 392 g/mol. The molecule has 4 rings (SSSR count). The molecule has 3 aromatic rings. The summed E-state index contributed by atoms with van der Waals surface area (Å²) < 4.78 is 10.4. The molecule has 1 aromatic carbocycles. The highest BCUT2D eigenvalue weighted by Gasteiger charge is 2.48. The van der Waals surface area contributed by atoms with Gasteiger partial charge in [-0.1, -0.05) is 11.2 Å². The summed E-state index contributed by atoms with van der Waals surface area (Å²) in [6.07, 6.45) is 0. The molecule has 1 amide bonds. The molecule has 3 heterocycles. The number of Topliss-reactive ketones (excluding diaryl/α,β-unsaturated/α-hetero) is 1. The van der Waals surface area contributed by atoms with E-state index in [0.29, 0.717) is 17.1 Å². The Morgan fingerprint density at radius 3 is 2.62 bits per heavy atom. The van der Waals surface area contributed by atoms with Gasteiger partial charge in [0, 0.05) is 16.5 Å². The van der Waals surface area contributed by atoms with Gasteiger partial charge in [0.25, 0.3) is 5.78 Å². The highest BCUT2D eigenvalue weighted by molar-refractivity contribution is 7.10. The maximum atomic E-state index is 12.9. The maximum Gasteiger partial charge on any atom is 0.301 e. The smallest absolute Gasteiger partial charge is 0.301 e. The van der Waals surface area contributed by atoms with Gasteiger partial charge in [-0.15, -0.1) is 11.3 Å². The molecule has 148 valence electrons. The van der Waals surface area contributed by atoms with Crippen molar-refractivity contribution in [3.63, 3.8) is 0 Å². The van der Waals surface area contributed by atoms with Crippen molar-refractivity contribution < 1.29 is 24.0 Å². The number of aromatic nitrogens is 1. The number of thiophene rings is 1. The number of hydrogen-bond donors (Lipinski definition) is 1. The average molecular weight is 410 g/mol. The number of aliphatic hydroxyl groups excluding tert-OH is 1. The minimum absolute atomic E-state index is 0.0164. The van der Waals surface area contributed by atoms with E-state index in [9.17, 15) is 14.7 Å². The monoisotopic (exact) mass is 410 g/mol. The van der Waals surface area contributed by atoms with Gasteiger partial charge in [-0.25, -0.2) is 0 Å². The van der Waals surface area contributed by atoms with Crippen molar-refractivity contribution in [2.75, 3.05) is 12.0 Å². The molecule has 1 aliphatic heterocycles. The largest absolute Gasteiger partial charge is 0.507 e. The minimum atomic E-state index is -0.790. The molecule has 1 unspecified atom stereocenters. The standard InChI is InChI=1S/C21H18N2O5S/c1-11-9-13(6-7-14(11)27-3)19(24)17-18(15-5-4-8-29-15)23(21(26)20(17)25)16-10-12(2)28-22-16/h4-10,18,24H,1-3H3. The molecule has 1 fully saturated rings. The number of benzene rings is 1. The van der Waals surface area contributed by atoms with Gasteiger partial charge < -0.3 is 14.4 Å². The van der Waals surface area contributed by atoms with Crippen molar-refractivity contribution in [2.24, 2.45) is 0 Å². The Morgan fingerprint density at radius 1 is 1.24 bits per heavy atom. The maximum absolute atomic E-state index is 12.9. The predicted molar refractivity (Wildman–Crippen MR) is 108 cm³/mol. The number of methoxy groups -OCH3 is 1. The number of anilines is 1. The lowest BCUT2D eigenvalue weighted by atomic mass is 9.99. The summed E-state index contributed by atoms with van der Waals surface area (Å²) in [5.74, 6) is -0.367. The van der Waals surface area contributed by atoms with Crippen molar-refractivity contribution in [3.8, 4) is 5.75 Å². The third-order valence-corrected chi connectivity index (χ3v) is 5.71. The van der Waals surface area contributed by atoms with Crippen LogP contribution in [0.15, 0.2) is 51.9 Å². The van der Waals surface area contributed by atoms with Crippen LogP contribution in [0.25, 0.3) is 5.76 Å². The van der Waals surface area contributed by atoms with Gasteiger partial charge in [0.05, 0.1) is 12.7 Å². The second-order valence-corrected chi connectivity index (χ2v) is 7.64. The van der Waals surface area contributed by atoms with Crippen molar-refractivity contribution >= 4 is 34.6 Å². The van der Waals surface area contributed by atoms with Crippen LogP contribution in [0.1, 0.15) is 27.8 Å². The van der Waals surface area contributed by atoms with Crippen LogP contribution in [-0.2, 0) is 9.59 Å². The number of carbonyl (C=O) groups is 2. The molecule has 1 atom stereocenters. The first-order valence-electron chi connectivity index (χ1n) is 8.85. The van der Waals surface area contributed by atoms with E-state index < -0.39 is 17.7 Å². The molecule has 0 radical (unpaired) electrons. The number of rotatable bonds is 4. The molecule has 0 spiro atoms. The Hall–Kier alpha value is -3.39. The zero-order valence-electron chi connectivity index (χ0n) is 16.0. The van der Waals surface area contributed by atoms with Crippen LogP contribution in [0, 0.1) is 13.8 Å². The molecule has 1 aliphatic rings. The Labute approximate surface area is 170 Å². The number of amides is 1. The van der Waals surface area contributed by atoms with Crippen LogP contribution in [0.4, 0.5) is 5.82 Å². The summed E-state index contributed by atoms with van der Waals surface area (Å²) in [4.78, 5) is 27.8. The molecule has 0 aliphatic carbocycles. The molecule has 2 aromatic heterocycles. The number of ketones is 1. The summed E-state index contributed by atoms with van der Waals surface area (Å²) in [5.41, 5.74) is 1.24. The van der Waals surface area contributed by atoms with Crippen molar-refractivity contribution in [2.45, 2.75) is 19.9 Å². The summed E-state index contributed by atoms with van der Waals surface area (Å²) in [7, 11) is 1.56. The van der Waals surface area contributed by atoms with Crippen LogP contribution in [0.5, 0.6) is 5.75 Å². The van der Waals surface area contributed by atoms with E-state index in [1.54, 1.807) is 38.3 Å². The number of aliphatic hydroxyl groups is 1. The zero-order valence-corrected chi connectivity index (χ0v) is 16.8.